The maximum atomic E-state index is 5.65. The first-order valence-corrected chi connectivity index (χ1v) is 3.65. The molecule has 0 aliphatic carbocycles. The van der Waals surface area contributed by atoms with Crippen molar-refractivity contribution in [1.29, 1.82) is 0 Å². The summed E-state index contributed by atoms with van der Waals surface area (Å²) in [7, 11) is 1.68. The van der Waals surface area contributed by atoms with E-state index >= 15 is 0 Å². The van der Waals surface area contributed by atoms with Crippen molar-refractivity contribution in [2.45, 2.75) is 5.62 Å². The zero-order valence-corrected chi connectivity index (χ0v) is 7.32. The van der Waals surface area contributed by atoms with Crippen LogP contribution in [0.3, 0.4) is 0 Å². The van der Waals surface area contributed by atoms with Gasteiger partial charge in [0.05, 0.1) is 0 Å². The second kappa shape index (κ2) is 2.95. The van der Waals surface area contributed by atoms with Gasteiger partial charge in [0.25, 0.3) is 0 Å². The third kappa shape index (κ3) is 1.54. The van der Waals surface area contributed by atoms with Gasteiger partial charge in [-0.05, 0) is 23.2 Å². The molecular formula is C4H4Cl3N3. The molecular weight excluding hydrogens is 196 g/mol. The van der Waals surface area contributed by atoms with Crippen molar-refractivity contribution in [3.8, 4) is 0 Å². The van der Waals surface area contributed by atoms with Crippen LogP contribution in [0.15, 0.2) is 9.98 Å². The molecule has 0 radical (unpaired) electrons. The van der Waals surface area contributed by atoms with E-state index in [1.54, 1.807) is 7.05 Å². The first-order chi connectivity index (χ1) is 4.61. The molecule has 1 aliphatic heterocycles. The molecule has 56 valence electrons. The molecule has 0 saturated heterocycles. The molecule has 0 aromatic heterocycles. The van der Waals surface area contributed by atoms with Gasteiger partial charge in [-0.1, -0.05) is 11.6 Å². The fraction of sp³-hybridized carbons (Fsp3) is 0.500. The molecule has 1 atom stereocenters. The van der Waals surface area contributed by atoms with E-state index in [1.807, 2.05) is 0 Å². The Morgan fingerprint density at radius 3 is 2.60 bits per heavy atom. The highest BCUT2D eigenvalue weighted by Gasteiger charge is 2.18. The van der Waals surface area contributed by atoms with Crippen LogP contribution in [0.5, 0.6) is 0 Å². The Labute approximate surface area is 73.3 Å². The monoisotopic (exact) mass is 199 g/mol. The minimum absolute atomic E-state index is 0.0862. The van der Waals surface area contributed by atoms with E-state index in [0.29, 0.717) is 0 Å². The van der Waals surface area contributed by atoms with Crippen molar-refractivity contribution in [2.24, 2.45) is 9.98 Å². The molecule has 10 heavy (non-hydrogen) atoms. The van der Waals surface area contributed by atoms with Gasteiger partial charge in [0.1, 0.15) is 0 Å². The normalized spacial score (nSPS) is 26.0. The summed E-state index contributed by atoms with van der Waals surface area (Å²) >= 11 is 16.7. The fourth-order valence-corrected chi connectivity index (χ4v) is 1.12. The van der Waals surface area contributed by atoms with E-state index in [1.165, 1.54) is 4.90 Å². The number of aliphatic imine (C=N–C) groups is 2. The van der Waals surface area contributed by atoms with Crippen LogP contribution < -0.4 is 0 Å². The van der Waals surface area contributed by atoms with E-state index < -0.39 is 5.62 Å². The van der Waals surface area contributed by atoms with Crippen LogP contribution in [0.4, 0.5) is 0 Å². The molecule has 3 nitrogen and oxygen atoms in total. The van der Waals surface area contributed by atoms with Crippen LogP contribution in [0.1, 0.15) is 0 Å². The minimum Gasteiger partial charge on any atom is -0.315 e. The van der Waals surface area contributed by atoms with Gasteiger partial charge in [-0.25, -0.2) is 4.99 Å². The van der Waals surface area contributed by atoms with Gasteiger partial charge in [0.15, 0.2) is 0 Å². The molecule has 1 rings (SSSR count). The first-order valence-electron chi connectivity index (χ1n) is 2.45. The summed E-state index contributed by atoms with van der Waals surface area (Å²) in [5.41, 5.74) is -0.544. The molecule has 0 aromatic rings. The second-order valence-electron chi connectivity index (χ2n) is 1.70. The molecule has 6 heteroatoms. The lowest BCUT2D eigenvalue weighted by Gasteiger charge is -2.22. The summed E-state index contributed by atoms with van der Waals surface area (Å²) in [4.78, 5) is 8.86. The first kappa shape index (κ1) is 8.11. The van der Waals surface area contributed by atoms with Gasteiger partial charge >= 0.3 is 0 Å². The summed E-state index contributed by atoms with van der Waals surface area (Å²) in [6, 6.07) is 0. The molecule has 0 spiro atoms. The van der Waals surface area contributed by atoms with Crippen molar-refractivity contribution >= 4 is 45.4 Å². The molecule has 1 heterocycles. The standard InChI is InChI=1S/C4H4Cl3N3/c1-10-3(6)8-2(5)9-4(10)7/h3H,1H3. The van der Waals surface area contributed by atoms with E-state index in [2.05, 4.69) is 9.98 Å². The van der Waals surface area contributed by atoms with E-state index in [0.717, 1.165) is 0 Å². The predicted molar refractivity (Wildman–Crippen MR) is 44.0 cm³/mol. The van der Waals surface area contributed by atoms with Crippen molar-refractivity contribution in [1.82, 2.24) is 4.90 Å². The molecule has 1 unspecified atom stereocenters. The van der Waals surface area contributed by atoms with Gasteiger partial charge in [0, 0.05) is 7.05 Å². The van der Waals surface area contributed by atoms with Crippen LogP contribution >= 0.6 is 34.8 Å². The molecule has 0 amide bonds. The summed E-state index contributed by atoms with van der Waals surface area (Å²) in [5, 5.41) is 0.336. The van der Waals surface area contributed by atoms with E-state index in [9.17, 15) is 0 Å². The van der Waals surface area contributed by atoms with Crippen LogP contribution in [0, 0.1) is 0 Å². The van der Waals surface area contributed by atoms with Gasteiger partial charge in [-0.3, -0.25) is 0 Å². The summed E-state index contributed by atoms with van der Waals surface area (Å²) in [6.07, 6.45) is 0. The third-order valence-electron chi connectivity index (χ3n) is 1.01. The summed E-state index contributed by atoms with van der Waals surface area (Å²) in [6.45, 7) is 0. The lowest BCUT2D eigenvalue weighted by atomic mass is 10.8. The van der Waals surface area contributed by atoms with Gasteiger partial charge in [-0.15, -0.1) is 0 Å². The van der Waals surface area contributed by atoms with Crippen LogP contribution in [-0.4, -0.2) is 28.2 Å². The Kier molecular flexibility index (Phi) is 2.39. The van der Waals surface area contributed by atoms with Crippen LogP contribution in [-0.2, 0) is 0 Å². The summed E-state index contributed by atoms with van der Waals surface area (Å²) < 4.78 is 0. The molecule has 0 saturated carbocycles. The summed E-state index contributed by atoms with van der Waals surface area (Å²) in [5.74, 6) is 0. The Morgan fingerprint density at radius 1 is 1.50 bits per heavy atom. The zero-order valence-electron chi connectivity index (χ0n) is 5.05. The Balaban J connectivity index is 2.85. The highest BCUT2D eigenvalue weighted by Crippen LogP contribution is 2.14. The Bertz CT molecular complexity index is 200. The largest absolute Gasteiger partial charge is 0.315 e. The van der Waals surface area contributed by atoms with Crippen molar-refractivity contribution in [3.63, 3.8) is 0 Å². The van der Waals surface area contributed by atoms with Gasteiger partial charge in [-0.2, -0.15) is 4.99 Å². The highest BCUT2D eigenvalue weighted by molar-refractivity contribution is 6.71. The topological polar surface area (TPSA) is 28.0 Å². The molecule has 1 aliphatic rings. The van der Waals surface area contributed by atoms with Gasteiger partial charge in [0.2, 0.25) is 16.2 Å². The number of nitrogens with zero attached hydrogens (tertiary/aromatic N) is 3. The number of amidine groups is 2. The van der Waals surface area contributed by atoms with E-state index in [4.69, 9.17) is 34.8 Å². The average Bonchev–Trinajstić information content (AvgIpc) is 1.82. The second-order valence-corrected chi connectivity index (χ2v) is 2.77. The lowest BCUT2D eigenvalue weighted by molar-refractivity contribution is 0.481. The Hall–Kier alpha value is 0.01000. The number of hydrogen-bond donors (Lipinski definition) is 0. The molecule has 0 bridgehead atoms. The Morgan fingerprint density at radius 2 is 2.10 bits per heavy atom. The van der Waals surface area contributed by atoms with Crippen LogP contribution in [0.2, 0.25) is 0 Å². The smallest absolute Gasteiger partial charge is 0.223 e. The molecule has 0 aromatic carbocycles. The van der Waals surface area contributed by atoms with Crippen molar-refractivity contribution in [2.75, 3.05) is 7.05 Å². The van der Waals surface area contributed by atoms with Crippen molar-refractivity contribution < 1.29 is 0 Å². The van der Waals surface area contributed by atoms with Crippen LogP contribution in [0.25, 0.3) is 0 Å². The average molecular weight is 200 g/mol. The number of halogens is 3. The highest BCUT2D eigenvalue weighted by atomic mass is 35.5. The zero-order chi connectivity index (χ0) is 7.72. The SMILES string of the molecule is CN1C(Cl)=NC(Cl)=NC1Cl. The quantitative estimate of drug-likeness (QED) is 0.432. The minimum atomic E-state index is -0.544. The molecule has 0 fully saturated rings. The maximum absolute atomic E-state index is 5.65. The van der Waals surface area contributed by atoms with E-state index in [-0.39, 0.29) is 10.6 Å². The molecule has 0 N–H and O–H groups in total. The van der Waals surface area contributed by atoms with Crippen molar-refractivity contribution in [3.05, 3.63) is 0 Å². The number of rotatable bonds is 0. The predicted octanol–water partition coefficient (Wildman–Crippen LogP) is 1.64. The third-order valence-corrected chi connectivity index (χ3v) is 1.93. The lowest BCUT2D eigenvalue weighted by Crippen LogP contribution is -2.32. The fourth-order valence-electron chi connectivity index (χ4n) is 0.446. The number of alkyl halides is 1. The van der Waals surface area contributed by atoms with Gasteiger partial charge < -0.3 is 4.90 Å². The number of hydrogen-bond acceptors (Lipinski definition) is 3. The maximum Gasteiger partial charge on any atom is 0.223 e.